The Labute approximate surface area is 138 Å². The van der Waals surface area contributed by atoms with Crippen LogP contribution in [0.15, 0.2) is 84.0 Å². The van der Waals surface area contributed by atoms with Crippen molar-refractivity contribution in [2.45, 2.75) is 0 Å². The van der Waals surface area contributed by atoms with E-state index in [1.807, 2.05) is 60.7 Å². The molecule has 4 rings (SSSR count). The molecule has 0 saturated carbocycles. The van der Waals surface area contributed by atoms with Crippen molar-refractivity contribution < 1.29 is 4.79 Å². The SMILES string of the molecule is O=C1/C(=C\c2ccccc2)N=C(n2cncn2)N1c1ccccc1. The summed E-state index contributed by atoms with van der Waals surface area (Å²) in [6, 6.07) is 19.0. The lowest BCUT2D eigenvalue weighted by Gasteiger charge is -2.17. The molecule has 1 aliphatic heterocycles. The molecule has 2 heterocycles. The van der Waals surface area contributed by atoms with Gasteiger partial charge in [0.25, 0.3) is 5.91 Å². The standard InChI is InChI=1S/C18H13N5O/c24-17-16(11-14-7-3-1-4-8-14)21-18(22-13-19-12-20-22)23(17)15-9-5-2-6-10-15/h1-13H/b16-11+. The van der Waals surface area contributed by atoms with Crippen molar-refractivity contribution in [3.05, 3.63) is 84.6 Å². The zero-order chi connectivity index (χ0) is 16.4. The molecule has 1 aromatic heterocycles. The van der Waals surface area contributed by atoms with Gasteiger partial charge in [-0.15, -0.1) is 0 Å². The number of nitrogens with zero attached hydrogens (tertiary/aromatic N) is 5. The molecule has 3 aromatic rings. The number of anilines is 1. The number of hydrogen-bond acceptors (Lipinski definition) is 4. The summed E-state index contributed by atoms with van der Waals surface area (Å²) in [5.41, 5.74) is 2.00. The molecule has 6 nitrogen and oxygen atoms in total. The number of hydrogen-bond donors (Lipinski definition) is 0. The highest BCUT2D eigenvalue weighted by Gasteiger charge is 2.33. The maximum atomic E-state index is 12.9. The number of aromatic nitrogens is 3. The van der Waals surface area contributed by atoms with E-state index in [9.17, 15) is 4.79 Å². The molecule has 116 valence electrons. The molecular formula is C18H13N5O. The van der Waals surface area contributed by atoms with Crippen molar-refractivity contribution in [3.63, 3.8) is 0 Å². The zero-order valence-corrected chi connectivity index (χ0v) is 12.6. The van der Waals surface area contributed by atoms with Gasteiger partial charge < -0.3 is 0 Å². The predicted octanol–water partition coefficient (Wildman–Crippen LogP) is 2.57. The molecule has 0 aliphatic carbocycles. The number of amides is 1. The van der Waals surface area contributed by atoms with E-state index in [-0.39, 0.29) is 5.91 Å². The summed E-state index contributed by atoms with van der Waals surface area (Å²) in [5, 5.41) is 4.10. The lowest BCUT2D eigenvalue weighted by Crippen LogP contribution is -2.36. The Morgan fingerprint density at radius 1 is 0.917 bits per heavy atom. The highest BCUT2D eigenvalue weighted by Crippen LogP contribution is 2.25. The molecule has 1 amide bonds. The van der Waals surface area contributed by atoms with Crippen LogP contribution < -0.4 is 4.90 Å². The van der Waals surface area contributed by atoms with Crippen molar-refractivity contribution in [1.29, 1.82) is 0 Å². The lowest BCUT2D eigenvalue weighted by molar-refractivity contribution is -0.113. The van der Waals surface area contributed by atoms with Gasteiger partial charge in [-0.2, -0.15) is 9.78 Å². The second kappa shape index (κ2) is 5.92. The zero-order valence-electron chi connectivity index (χ0n) is 12.6. The Kier molecular flexibility index (Phi) is 3.47. The Morgan fingerprint density at radius 3 is 2.29 bits per heavy atom. The molecule has 0 saturated heterocycles. The van der Waals surface area contributed by atoms with Crippen LogP contribution in [0.1, 0.15) is 5.56 Å². The summed E-state index contributed by atoms with van der Waals surface area (Å²) in [5.74, 6) is 0.210. The van der Waals surface area contributed by atoms with E-state index in [0.29, 0.717) is 11.7 Å². The number of aliphatic imine (C=N–C) groups is 1. The molecule has 0 radical (unpaired) electrons. The van der Waals surface area contributed by atoms with Gasteiger partial charge in [0.2, 0.25) is 5.96 Å². The van der Waals surface area contributed by atoms with Crippen LogP contribution in [0.2, 0.25) is 0 Å². The van der Waals surface area contributed by atoms with Gasteiger partial charge in [-0.3, -0.25) is 4.79 Å². The molecule has 0 atom stereocenters. The van der Waals surface area contributed by atoms with E-state index in [1.54, 1.807) is 6.08 Å². The smallest absolute Gasteiger partial charge is 0.266 e. The van der Waals surface area contributed by atoms with Crippen LogP contribution in [0.3, 0.4) is 0 Å². The van der Waals surface area contributed by atoms with Crippen LogP contribution >= 0.6 is 0 Å². The van der Waals surface area contributed by atoms with Crippen LogP contribution in [0, 0.1) is 0 Å². The summed E-state index contributed by atoms with van der Waals surface area (Å²) in [6.45, 7) is 0. The van der Waals surface area contributed by atoms with Gasteiger partial charge in [-0.1, -0.05) is 48.5 Å². The molecule has 0 bridgehead atoms. The topological polar surface area (TPSA) is 63.4 Å². The fourth-order valence-electron chi connectivity index (χ4n) is 2.49. The molecule has 0 fully saturated rings. The van der Waals surface area contributed by atoms with E-state index in [1.165, 1.54) is 22.2 Å². The monoisotopic (exact) mass is 315 g/mol. The maximum Gasteiger partial charge on any atom is 0.283 e. The fraction of sp³-hybridized carbons (Fsp3) is 0. The largest absolute Gasteiger partial charge is 0.283 e. The predicted molar refractivity (Wildman–Crippen MR) is 91.2 cm³/mol. The number of benzene rings is 2. The highest BCUT2D eigenvalue weighted by molar-refractivity contribution is 6.28. The summed E-state index contributed by atoms with van der Waals surface area (Å²) in [4.78, 5) is 22.9. The first-order chi connectivity index (χ1) is 11.8. The van der Waals surface area contributed by atoms with Crippen molar-refractivity contribution in [2.75, 3.05) is 4.90 Å². The van der Waals surface area contributed by atoms with Crippen LogP contribution in [0.4, 0.5) is 5.69 Å². The molecule has 24 heavy (non-hydrogen) atoms. The Balaban J connectivity index is 1.81. The molecular weight excluding hydrogens is 302 g/mol. The first-order valence-corrected chi connectivity index (χ1v) is 7.43. The van der Waals surface area contributed by atoms with Gasteiger partial charge in [-0.05, 0) is 23.8 Å². The van der Waals surface area contributed by atoms with Gasteiger partial charge in [0.1, 0.15) is 18.4 Å². The van der Waals surface area contributed by atoms with E-state index < -0.39 is 0 Å². The van der Waals surface area contributed by atoms with Crippen LogP contribution in [0.5, 0.6) is 0 Å². The molecule has 0 unspecified atom stereocenters. The normalized spacial score (nSPS) is 15.8. The van der Waals surface area contributed by atoms with Crippen LogP contribution in [0.25, 0.3) is 6.08 Å². The molecule has 0 spiro atoms. The average molecular weight is 315 g/mol. The second-order valence-electron chi connectivity index (χ2n) is 5.17. The summed E-state index contributed by atoms with van der Waals surface area (Å²) in [7, 11) is 0. The first kappa shape index (κ1) is 14.1. The van der Waals surface area contributed by atoms with Crippen molar-refractivity contribution in [3.8, 4) is 0 Å². The van der Waals surface area contributed by atoms with E-state index in [2.05, 4.69) is 15.1 Å². The van der Waals surface area contributed by atoms with Gasteiger partial charge in [-0.25, -0.2) is 14.9 Å². The molecule has 2 aromatic carbocycles. The van der Waals surface area contributed by atoms with Crippen molar-refractivity contribution in [2.24, 2.45) is 4.99 Å². The molecule has 1 aliphatic rings. The first-order valence-electron chi connectivity index (χ1n) is 7.43. The second-order valence-corrected chi connectivity index (χ2v) is 5.17. The highest BCUT2D eigenvalue weighted by atomic mass is 16.2. The minimum absolute atomic E-state index is 0.199. The summed E-state index contributed by atoms with van der Waals surface area (Å²) < 4.78 is 1.48. The van der Waals surface area contributed by atoms with E-state index in [0.717, 1.165) is 11.3 Å². The Bertz CT molecular complexity index is 915. The average Bonchev–Trinajstić information content (AvgIpc) is 3.26. The van der Waals surface area contributed by atoms with Crippen molar-refractivity contribution >= 4 is 23.6 Å². The maximum absolute atomic E-state index is 12.9. The third-order valence-corrected chi connectivity index (χ3v) is 3.58. The van der Waals surface area contributed by atoms with Gasteiger partial charge in [0.05, 0.1) is 5.69 Å². The third kappa shape index (κ3) is 2.50. The molecule has 6 heteroatoms. The van der Waals surface area contributed by atoms with Crippen LogP contribution in [-0.2, 0) is 4.79 Å². The fourth-order valence-corrected chi connectivity index (χ4v) is 2.49. The summed E-state index contributed by atoms with van der Waals surface area (Å²) >= 11 is 0. The lowest BCUT2D eigenvalue weighted by atomic mass is 10.2. The van der Waals surface area contributed by atoms with Crippen molar-refractivity contribution in [1.82, 2.24) is 14.8 Å². The minimum Gasteiger partial charge on any atom is -0.266 e. The number of carbonyl (C=O) groups excluding carboxylic acids is 1. The van der Waals surface area contributed by atoms with Gasteiger partial charge >= 0.3 is 0 Å². The van der Waals surface area contributed by atoms with Gasteiger partial charge in [0.15, 0.2) is 0 Å². The summed E-state index contributed by atoms with van der Waals surface area (Å²) in [6.07, 6.45) is 4.70. The number of para-hydroxylation sites is 1. The number of carbonyl (C=O) groups is 1. The van der Waals surface area contributed by atoms with Gasteiger partial charge in [0, 0.05) is 0 Å². The Morgan fingerprint density at radius 2 is 1.62 bits per heavy atom. The van der Waals surface area contributed by atoms with Crippen LogP contribution in [-0.4, -0.2) is 26.6 Å². The quantitative estimate of drug-likeness (QED) is 0.683. The number of rotatable bonds is 2. The molecule has 0 N–H and O–H groups in total. The Hall–Kier alpha value is -3.54. The van der Waals surface area contributed by atoms with E-state index in [4.69, 9.17) is 0 Å². The van der Waals surface area contributed by atoms with E-state index >= 15 is 0 Å². The minimum atomic E-state index is -0.199. The third-order valence-electron chi connectivity index (χ3n) is 3.58.